The Balaban J connectivity index is 2.10. The van der Waals surface area contributed by atoms with Crippen molar-refractivity contribution in [3.05, 3.63) is 83.9 Å². The van der Waals surface area contributed by atoms with Gasteiger partial charge in [0.2, 0.25) is 0 Å². The van der Waals surface area contributed by atoms with E-state index in [2.05, 4.69) is 86.6 Å². The van der Waals surface area contributed by atoms with Crippen LogP contribution >= 0.6 is 0 Å². The molecule has 0 bridgehead atoms. The minimum atomic E-state index is 1.06. The van der Waals surface area contributed by atoms with E-state index in [1.54, 1.807) is 0 Å². The Hall–Kier alpha value is -2.34. The Morgan fingerprint density at radius 3 is 1.45 bits per heavy atom. The van der Waals surface area contributed by atoms with Crippen LogP contribution in [-0.4, -0.2) is 0 Å². The average Bonchev–Trinajstić information content (AvgIpc) is 2.61. The lowest BCUT2D eigenvalue weighted by Crippen LogP contribution is -1.90. The van der Waals surface area contributed by atoms with E-state index in [1.807, 2.05) is 0 Å². The molecule has 0 heteroatoms. The van der Waals surface area contributed by atoms with Gasteiger partial charge in [-0.05, 0) is 52.3 Å². The van der Waals surface area contributed by atoms with Gasteiger partial charge in [0.15, 0.2) is 0 Å². The average molecular weight is 286 g/mol. The Bertz CT molecular complexity index is 706. The van der Waals surface area contributed by atoms with Crippen molar-refractivity contribution in [1.82, 2.24) is 0 Å². The summed E-state index contributed by atoms with van der Waals surface area (Å²) < 4.78 is 0. The van der Waals surface area contributed by atoms with E-state index in [1.165, 1.54) is 33.4 Å². The number of aryl methyl sites for hydroxylation is 2. The highest BCUT2D eigenvalue weighted by molar-refractivity contribution is 5.76. The second kappa shape index (κ2) is 6.62. The maximum atomic E-state index is 2.32. The molecule has 0 radical (unpaired) electrons. The zero-order valence-corrected chi connectivity index (χ0v) is 13.3. The summed E-state index contributed by atoms with van der Waals surface area (Å²) in [4.78, 5) is 0. The van der Waals surface area contributed by atoms with E-state index in [-0.39, 0.29) is 0 Å². The topological polar surface area (TPSA) is 0 Å². The van der Waals surface area contributed by atoms with Gasteiger partial charge < -0.3 is 0 Å². The Kier molecular flexibility index (Phi) is 4.39. The summed E-state index contributed by atoms with van der Waals surface area (Å²) >= 11 is 0. The number of rotatable bonds is 4. The molecule has 22 heavy (non-hydrogen) atoms. The summed E-state index contributed by atoms with van der Waals surface area (Å²) in [5.74, 6) is 0. The van der Waals surface area contributed by atoms with Crippen molar-refractivity contribution >= 4 is 0 Å². The molecule has 0 amide bonds. The van der Waals surface area contributed by atoms with Gasteiger partial charge in [-0.3, -0.25) is 0 Å². The number of hydrogen-bond donors (Lipinski definition) is 0. The maximum absolute atomic E-state index is 2.32. The molecule has 0 aliphatic carbocycles. The zero-order chi connectivity index (χ0) is 15.4. The molecular weight excluding hydrogens is 264 g/mol. The Morgan fingerprint density at radius 1 is 0.545 bits per heavy atom. The van der Waals surface area contributed by atoms with Gasteiger partial charge in [0.1, 0.15) is 0 Å². The fourth-order valence-corrected chi connectivity index (χ4v) is 3.07. The quantitative estimate of drug-likeness (QED) is 0.540. The van der Waals surface area contributed by atoms with Gasteiger partial charge in [0, 0.05) is 0 Å². The van der Waals surface area contributed by atoms with Gasteiger partial charge in [-0.15, -0.1) is 0 Å². The van der Waals surface area contributed by atoms with Crippen molar-refractivity contribution in [2.75, 3.05) is 0 Å². The normalized spacial score (nSPS) is 10.6. The molecule has 110 valence electrons. The summed E-state index contributed by atoms with van der Waals surface area (Å²) in [6.07, 6.45) is 2.12. The molecule has 3 aromatic rings. The second-order valence-electron chi connectivity index (χ2n) is 5.60. The molecule has 0 saturated heterocycles. The Morgan fingerprint density at radius 2 is 1.00 bits per heavy atom. The minimum absolute atomic E-state index is 1.06. The van der Waals surface area contributed by atoms with E-state index in [4.69, 9.17) is 0 Å². The summed E-state index contributed by atoms with van der Waals surface area (Å²) in [6, 6.07) is 26.3. The van der Waals surface area contributed by atoms with Gasteiger partial charge >= 0.3 is 0 Å². The van der Waals surface area contributed by atoms with Crippen molar-refractivity contribution in [2.24, 2.45) is 0 Å². The summed E-state index contributed by atoms with van der Waals surface area (Å²) in [5, 5.41) is 0. The monoisotopic (exact) mass is 286 g/mol. The molecule has 0 heterocycles. The largest absolute Gasteiger partial charge is 0.0620 e. The van der Waals surface area contributed by atoms with E-state index in [0.717, 1.165) is 12.8 Å². The SMILES string of the molecule is CCc1ccccc1-c1cccc(-c2ccccc2CC)c1. The first-order chi connectivity index (χ1) is 10.8. The molecule has 0 N–H and O–H groups in total. The summed E-state index contributed by atoms with van der Waals surface area (Å²) in [6.45, 7) is 4.43. The summed E-state index contributed by atoms with van der Waals surface area (Å²) in [5.41, 5.74) is 8.12. The third-order valence-corrected chi connectivity index (χ3v) is 4.28. The van der Waals surface area contributed by atoms with Crippen LogP contribution in [0.2, 0.25) is 0 Å². The molecule has 3 rings (SSSR count). The van der Waals surface area contributed by atoms with Crippen molar-refractivity contribution in [3.63, 3.8) is 0 Å². The van der Waals surface area contributed by atoms with Crippen molar-refractivity contribution in [3.8, 4) is 22.3 Å². The molecule has 0 aliphatic rings. The van der Waals surface area contributed by atoms with Crippen LogP contribution < -0.4 is 0 Å². The molecule has 3 aromatic carbocycles. The molecule has 0 aromatic heterocycles. The van der Waals surface area contributed by atoms with Gasteiger partial charge in [0.25, 0.3) is 0 Å². The van der Waals surface area contributed by atoms with Crippen molar-refractivity contribution in [1.29, 1.82) is 0 Å². The molecule has 0 spiro atoms. The smallest absolute Gasteiger partial charge is 0.0152 e. The third kappa shape index (κ3) is 2.82. The standard InChI is InChI=1S/C22H22/c1-3-17-10-5-7-14-21(17)19-12-9-13-20(16-19)22-15-8-6-11-18(22)4-2/h5-16H,3-4H2,1-2H3. The van der Waals surface area contributed by atoms with Crippen LogP contribution in [0.1, 0.15) is 25.0 Å². The molecule has 0 nitrogen and oxygen atoms in total. The highest BCUT2D eigenvalue weighted by Gasteiger charge is 2.07. The van der Waals surface area contributed by atoms with E-state index in [0.29, 0.717) is 0 Å². The van der Waals surface area contributed by atoms with E-state index in [9.17, 15) is 0 Å². The van der Waals surface area contributed by atoms with Gasteiger partial charge in [-0.25, -0.2) is 0 Å². The predicted octanol–water partition coefficient (Wildman–Crippen LogP) is 6.15. The van der Waals surface area contributed by atoms with Crippen LogP contribution in [0.5, 0.6) is 0 Å². The van der Waals surface area contributed by atoms with E-state index < -0.39 is 0 Å². The molecular formula is C22H22. The lowest BCUT2D eigenvalue weighted by molar-refractivity contribution is 1.14. The Labute approximate surface area is 133 Å². The van der Waals surface area contributed by atoms with Crippen LogP contribution in [-0.2, 0) is 12.8 Å². The highest BCUT2D eigenvalue weighted by Crippen LogP contribution is 2.30. The summed E-state index contributed by atoms with van der Waals surface area (Å²) in [7, 11) is 0. The number of hydrogen-bond acceptors (Lipinski definition) is 0. The molecule has 0 atom stereocenters. The van der Waals surface area contributed by atoms with Crippen molar-refractivity contribution in [2.45, 2.75) is 26.7 Å². The first-order valence-corrected chi connectivity index (χ1v) is 8.10. The van der Waals surface area contributed by atoms with Crippen molar-refractivity contribution < 1.29 is 0 Å². The first-order valence-electron chi connectivity index (χ1n) is 8.10. The minimum Gasteiger partial charge on any atom is -0.0620 e. The predicted molar refractivity (Wildman–Crippen MR) is 96.1 cm³/mol. The van der Waals surface area contributed by atoms with Gasteiger partial charge in [0.05, 0.1) is 0 Å². The molecule has 0 saturated carbocycles. The fraction of sp³-hybridized carbons (Fsp3) is 0.182. The maximum Gasteiger partial charge on any atom is -0.0152 e. The van der Waals surface area contributed by atoms with Crippen LogP contribution in [0.4, 0.5) is 0 Å². The van der Waals surface area contributed by atoms with Gasteiger partial charge in [-0.2, -0.15) is 0 Å². The van der Waals surface area contributed by atoms with Crippen LogP contribution in [0.15, 0.2) is 72.8 Å². The van der Waals surface area contributed by atoms with Gasteiger partial charge in [-0.1, -0.05) is 80.6 Å². The molecule has 0 fully saturated rings. The second-order valence-corrected chi connectivity index (χ2v) is 5.60. The number of benzene rings is 3. The highest BCUT2D eigenvalue weighted by atomic mass is 14.1. The lowest BCUT2D eigenvalue weighted by Gasteiger charge is -2.12. The molecule has 0 unspecified atom stereocenters. The fourth-order valence-electron chi connectivity index (χ4n) is 3.07. The van der Waals surface area contributed by atoms with Crippen LogP contribution in [0.25, 0.3) is 22.3 Å². The third-order valence-electron chi connectivity index (χ3n) is 4.28. The first kappa shape index (κ1) is 14.6. The lowest BCUT2D eigenvalue weighted by atomic mass is 9.93. The van der Waals surface area contributed by atoms with Crippen LogP contribution in [0, 0.1) is 0 Å². The molecule has 0 aliphatic heterocycles. The zero-order valence-electron chi connectivity index (χ0n) is 13.3. The van der Waals surface area contributed by atoms with Crippen LogP contribution in [0.3, 0.4) is 0 Å². The van der Waals surface area contributed by atoms with E-state index >= 15 is 0 Å².